The number of nitrogens with zero attached hydrogens (tertiary/aromatic N) is 1. The third kappa shape index (κ3) is 6.37. The summed E-state index contributed by atoms with van der Waals surface area (Å²) in [6.07, 6.45) is 4.21. The van der Waals surface area contributed by atoms with Crippen molar-refractivity contribution in [2.45, 2.75) is 51.2 Å². The fourth-order valence-corrected chi connectivity index (χ4v) is 3.88. The Morgan fingerprint density at radius 1 is 1.10 bits per heavy atom. The highest BCUT2D eigenvalue weighted by Crippen LogP contribution is 2.21. The third-order valence-corrected chi connectivity index (χ3v) is 5.96. The molecule has 7 heteroatoms. The summed E-state index contributed by atoms with van der Waals surface area (Å²) in [5, 5.41) is 3.64. The van der Waals surface area contributed by atoms with E-state index >= 15 is 0 Å². The molecule has 31 heavy (non-hydrogen) atoms. The standard InChI is InChI=1S/C24H29ClN2O4/c1-17(24(29)26-19-8-4-5-9-19)27(15-18-7-3-6-10-22(18)25)23(28)16-31-21-13-11-20(30-2)12-14-21/h3,6-7,10-14,17,19H,4-5,8-9,15-16H2,1-2H3,(H,26,29). The topological polar surface area (TPSA) is 67.9 Å². The van der Waals surface area contributed by atoms with E-state index in [-0.39, 0.29) is 31.0 Å². The van der Waals surface area contributed by atoms with E-state index in [1.165, 1.54) is 4.90 Å². The van der Waals surface area contributed by atoms with Crippen molar-refractivity contribution < 1.29 is 19.1 Å². The first-order chi connectivity index (χ1) is 15.0. The summed E-state index contributed by atoms with van der Waals surface area (Å²) in [5.74, 6) is 0.813. The number of amides is 2. The second-order valence-corrected chi connectivity index (χ2v) is 8.15. The summed E-state index contributed by atoms with van der Waals surface area (Å²) >= 11 is 6.31. The van der Waals surface area contributed by atoms with Crippen molar-refractivity contribution in [3.63, 3.8) is 0 Å². The number of nitrogens with one attached hydrogen (secondary N) is 1. The van der Waals surface area contributed by atoms with E-state index < -0.39 is 6.04 Å². The predicted octanol–water partition coefficient (Wildman–Crippen LogP) is 4.20. The zero-order valence-corrected chi connectivity index (χ0v) is 18.7. The van der Waals surface area contributed by atoms with Gasteiger partial charge in [0.1, 0.15) is 17.5 Å². The van der Waals surface area contributed by atoms with Crippen molar-refractivity contribution in [2.24, 2.45) is 0 Å². The Balaban J connectivity index is 1.70. The SMILES string of the molecule is COc1ccc(OCC(=O)N(Cc2ccccc2Cl)C(C)C(=O)NC2CCCC2)cc1. The minimum absolute atomic E-state index is 0.156. The van der Waals surface area contributed by atoms with Crippen LogP contribution >= 0.6 is 11.6 Å². The molecule has 0 saturated heterocycles. The van der Waals surface area contributed by atoms with Gasteiger partial charge in [0, 0.05) is 17.6 Å². The van der Waals surface area contributed by atoms with Crippen LogP contribution in [0.3, 0.4) is 0 Å². The second kappa shape index (κ2) is 11.0. The maximum atomic E-state index is 13.1. The molecular weight excluding hydrogens is 416 g/mol. The quantitative estimate of drug-likeness (QED) is 0.629. The van der Waals surface area contributed by atoms with Crippen LogP contribution in [0.25, 0.3) is 0 Å². The molecule has 0 radical (unpaired) electrons. The van der Waals surface area contributed by atoms with Crippen LogP contribution in [0.1, 0.15) is 38.2 Å². The smallest absolute Gasteiger partial charge is 0.261 e. The number of benzene rings is 2. The molecule has 6 nitrogen and oxygen atoms in total. The molecule has 2 aromatic carbocycles. The van der Waals surface area contributed by atoms with Crippen molar-refractivity contribution in [1.29, 1.82) is 0 Å². The zero-order chi connectivity index (χ0) is 22.2. The monoisotopic (exact) mass is 444 g/mol. The Hall–Kier alpha value is -2.73. The van der Waals surface area contributed by atoms with Gasteiger partial charge < -0.3 is 19.7 Å². The number of halogens is 1. The van der Waals surface area contributed by atoms with Crippen LogP contribution in [0.4, 0.5) is 0 Å². The van der Waals surface area contributed by atoms with E-state index in [9.17, 15) is 9.59 Å². The van der Waals surface area contributed by atoms with Gasteiger partial charge in [-0.15, -0.1) is 0 Å². The van der Waals surface area contributed by atoms with Gasteiger partial charge in [0.05, 0.1) is 7.11 Å². The molecule has 0 spiro atoms. The molecule has 1 atom stereocenters. The van der Waals surface area contributed by atoms with Gasteiger partial charge in [-0.2, -0.15) is 0 Å². The lowest BCUT2D eigenvalue weighted by atomic mass is 10.1. The lowest BCUT2D eigenvalue weighted by molar-refractivity contribution is -0.142. The highest BCUT2D eigenvalue weighted by atomic mass is 35.5. The van der Waals surface area contributed by atoms with E-state index in [1.54, 1.807) is 44.4 Å². The van der Waals surface area contributed by atoms with Gasteiger partial charge in [0.25, 0.3) is 5.91 Å². The Labute approximate surface area is 188 Å². The zero-order valence-electron chi connectivity index (χ0n) is 18.0. The Morgan fingerprint density at radius 3 is 2.39 bits per heavy atom. The molecule has 1 saturated carbocycles. The van der Waals surface area contributed by atoms with Crippen molar-refractivity contribution >= 4 is 23.4 Å². The van der Waals surface area contributed by atoms with E-state index in [2.05, 4.69) is 5.32 Å². The van der Waals surface area contributed by atoms with Crippen LogP contribution in [0.2, 0.25) is 5.02 Å². The molecule has 2 amide bonds. The number of hydrogen-bond donors (Lipinski definition) is 1. The Morgan fingerprint density at radius 2 is 1.74 bits per heavy atom. The maximum absolute atomic E-state index is 13.1. The van der Waals surface area contributed by atoms with Gasteiger partial charge in [-0.05, 0) is 55.7 Å². The average Bonchev–Trinajstić information content (AvgIpc) is 3.30. The molecule has 2 aromatic rings. The van der Waals surface area contributed by atoms with Crippen molar-refractivity contribution in [2.75, 3.05) is 13.7 Å². The summed E-state index contributed by atoms with van der Waals surface area (Å²) in [6, 6.07) is 13.9. The molecule has 0 aromatic heterocycles. The highest BCUT2D eigenvalue weighted by molar-refractivity contribution is 6.31. The molecule has 1 aliphatic rings. The minimum atomic E-state index is -0.649. The molecule has 1 fully saturated rings. The fourth-order valence-electron chi connectivity index (χ4n) is 3.68. The number of carbonyl (C=O) groups excluding carboxylic acids is 2. The normalized spacial score (nSPS) is 14.7. The first-order valence-electron chi connectivity index (χ1n) is 10.6. The van der Waals surface area contributed by atoms with E-state index in [1.807, 2.05) is 18.2 Å². The molecule has 0 aliphatic heterocycles. The molecular formula is C24H29ClN2O4. The summed E-state index contributed by atoms with van der Waals surface area (Å²) in [6.45, 7) is 1.79. The lowest BCUT2D eigenvalue weighted by Crippen LogP contribution is -2.50. The summed E-state index contributed by atoms with van der Waals surface area (Å²) in [7, 11) is 1.59. The number of methoxy groups -OCH3 is 1. The van der Waals surface area contributed by atoms with Crippen molar-refractivity contribution in [3.8, 4) is 11.5 Å². The van der Waals surface area contributed by atoms with Crippen LogP contribution in [-0.4, -0.2) is 42.5 Å². The number of hydrogen-bond acceptors (Lipinski definition) is 4. The summed E-state index contributed by atoms with van der Waals surface area (Å²) in [4.78, 5) is 27.5. The lowest BCUT2D eigenvalue weighted by Gasteiger charge is -2.30. The van der Waals surface area contributed by atoms with Crippen molar-refractivity contribution in [1.82, 2.24) is 10.2 Å². The molecule has 1 aliphatic carbocycles. The summed E-state index contributed by atoms with van der Waals surface area (Å²) in [5.41, 5.74) is 0.780. The van der Waals surface area contributed by atoms with Gasteiger partial charge in [0.15, 0.2) is 6.61 Å². The molecule has 166 valence electrons. The Bertz CT molecular complexity index is 881. The van der Waals surface area contributed by atoms with Gasteiger partial charge in [-0.25, -0.2) is 0 Å². The predicted molar refractivity (Wildman–Crippen MR) is 120 cm³/mol. The minimum Gasteiger partial charge on any atom is -0.497 e. The highest BCUT2D eigenvalue weighted by Gasteiger charge is 2.29. The van der Waals surface area contributed by atoms with E-state index in [4.69, 9.17) is 21.1 Å². The van der Waals surface area contributed by atoms with Crippen molar-refractivity contribution in [3.05, 3.63) is 59.1 Å². The van der Waals surface area contributed by atoms with Crippen LogP contribution in [-0.2, 0) is 16.1 Å². The molecule has 3 rings (SSSR count). The third-order valence-electron chi connectivity index (χ3n) is 5.59. The number of ether oxygens (including phenoxy) is 2. The van der Waals surface area contributed by atoms with Crippen LogP contribution in [0.15, 0.2) is 48.5 Å². The Kier molecular flexibility index (Phi) is 8.18. The van der Waals surface area contributed by atoms with Gasteiger partial charge in [-0.1, -0.05) is 42.6 Å². The van der Waals surface area contributed by atoms with Crippen LogP contribution < -0.4 is 14.8 Å². The fraction of sp³-hybridized carbons (Fsp3) is 0.417. The van der Waals surface area contributed by atoms with Gasteiger partial charge >= 0.3 is 0 Å². The van der Waals surface area contributed by atoms with Crippen LogP contribution in [0, 0.1) is 0 Å². The van der Waals surface area contributed by atoms with Gasteiger partial charge in [0.2, 0.25) is 5.91 Å². The van der Waals surface area contributed by atoms with Gasteiger partial charge in [-0.3, -0.25) is 9.59 Å². The van der Waals surface area contributed by atoms with E-state index in [0.717, 1.165) is 31.2 Å². The second-order valence-electron chi connectivity index (χ2n) is 7.74. The summed E-state index contributed by atoms with van der Waals surface area (Å²) < 4.78 is 10.8. The maximum Gasteiger partial charge on any atom is 0.261 e. The molecule has 1 N–H and O–H groups in total. The molecule has 0 heterocycles. The number of carbonyl (C=O) groups is 2. The number of rotatable bonds is 9. The molecule has 1 unspecified atom stereocenters. The van der Waals surface area contributed by atoms with E-state index in [0.29, 0.717) is 16.5 Å². The molecule has 0 bridgehead atoms. The first kappa shape index (κ1) is 22.9. The first-order valence-corrected chi connectivity index (χ1v) is 11.0. The largest absolute Gasteiger partial charge is 0.497 e. The van der Waals surface area contributed by atoms with Crippen LogP contribution in [0.5, 0.6) is 11.5 Å². The average molecular weight is 445 g/mol.